The van der Waals surface area contributed by atoms with Crippen molar-refractivity contribution in [2.24, 2.45) is 0 Å². The predicted molar refractivity (Wildman–Crippen MR) is 109 cm³/mol. The van der Waals surface area contributed by atoms with E-state index < -0.39 is 17.8 Å². The van der Waals surface area contributed by atoms with Crippen LogP contribution in [0.2, 0.25) is 0 Å². The van der Waals surface area contributed by atoms with Gasteiger partial charge in [0, 0.05) is 11.6 Å². The lowest BCUT2D eigenvalue weighted by atomic mass is 10.0. The van der Waals surface area contributed by atoms with Crippen LogP contribution in [0.25, 0.3) is 6.08 Å². The lowest BCUT2D eigenvalue weighted by Crippen LogP contribution is -2.54. The summed E-state index contributed by atoms with van der Waals surface area (Å²) in [5.41, 5.74) is 2.73. The Bertz CT molecular complexity index is 1030. The van der Waals surface area contributed by atoms with Crippen LogP contribution in [0.1, 0.15) is 23.6 Å². The maximum atomic E-state index is 13.1. The molecule has 7 heteroatoms. The van der Waals surface area contributed by atoms with E-state index >= 15 is 0 Å². The molecule has 1 N–H and O–H groups in total. The van der Waals surface area contributed by atoms with Crippen molar-refractivity contribution in [3.8, 4) is 11.5 Å². The van der Waals surface area contributed by atoms with E-state index in [1.807, 2.05) is 26.8 Å². The summed E-state index contributed by atoms with van der Waals surface area (Å²) in [4.78, 5) is 38.8. The van der Waals surface area contributed by atoms with Gasteiger partial charge in [-0.3, -0.25) is 14.9 Å². The highest BCUT2D eigenvalue weighted by molar-refractivity contribution is 6.39. The van der Waals surface area contributed by atoms with Crippen molar-refractivity contribution in [1.82, 2.24) is 5.32 Å². The molecule has 2 aromatic rings. The molecule has 150 valence electrons. The van der Waals surface area contributed by atoms with Crippen LogP contribution in [0.15, 0.2) is 42.0 Å². The first-order valence-corrected chi connectivity index (χ1v) is 9.15. The van der Waals surface area contributed by atoms with E-state index in [0.29, 0.717) is 29.4 Å². The van der Waals surface area contributed by atoms with E-state index in [-0.39, 0.29) is 5.57 Å². The number of ether oxygens (including phenoxy) is 2. The van der Waals surface area contributed by atoms with Gasteiger partial charge in [-0.1, -0.05) is 6.07 Å². The zero-order chi connectivity index (χ0) is 21.1. The molecular weight excluding hydrogens is 372 g/mol. The number of carbonyl (C=O) groups is 3. The highest BCUT2D eigenvalue weighted by atomic mass is 16.5. The Morgan fingerprint density at radius 3 is 2.45 bits per heavy atom. The monoisotopic (exact) mass is 394 g/mol. The molecule has 4 amide bonds. The van der Waals surface area contributed by atoms with E-state index in [0.717, 1.165) is 16.0 Å². The summed E-state index contributed by atoms with van der Waals surface area (Å²) in [6.07, 6.45) is 1.42. The van der Waals surface area contributed by atoms with Crippen molar-refractivity contribution >= 4 is 29.6 Å². The van der Waals surface area contributed by atoms with Crippen LogP contribution >= 0.6 is 0 Å². The standard InChI is InChI=1S/C22H22N2O5/c1-5-29-19-12-17(28-4)9-7-15(19)11-18-20(25)23-22(27)24(21(18)26)16-8-6-13(2)14(3)10-16/h6-12H,5H2,1-4H3,(H,23,25,27)/b18-11+. The zero-order valence-corrected chi connectivity index (χ0v) is 16.7. The summed E-state index contributed by atoms with van der Waals surface area (Å²) in [5, 5.41) is 2.23. The lowest BCUT2D eigenvalue weighted by Gasteiger charge is -2.27. The Hall–Kier alpha value is -3.61. The third-order valence-electron chi connectivity index (χ3n) is 4.67. The van der Waals surface area contributed by atoms with Crippen molar-refractivity contribution in [3.05, 3.63) is 58.7 Å². The molecule has 1 fully saturated rings. The van der Waals surface area contributed by atoms with Crippen molar-refractivity contribution in [1.29, 1.82) is 0 Å². The van der Waals surface area contributed by atoms with Crippen LogP contribution < -0.4 is 19.7 Å². The molecule has 0 radical (unpaired) electrons. The van der Waals surface area contributed by atoms with Crippen molar-refractivity contribution in [2.45, 2.75) is 20.8 Å². The third-order valence-corrected chi connectivity index (χ3v) is 4.67. The molecule has 1 heterocycles. The van der Waals surface area contributed by atoms with Crippen LogP contribution in [0.3, 0.4) is 0 Å². The highest BCUT2D eigenvalue weighted by Gasteiger charge is 2.37. The summed E-state index contributed by atoms with van der Waals surface area (Å²) in [7, 11) is 1.54. The minimum Gasteiger partial charge on any atom is -0.497 e. The first-order valence-electron chi connectivity index (χ1n) is 9.15. The Balaban J connectivity index is 2.05. The molecular formula is C22H22N2O5. The fourth-order valence-electron chi connectivity index (χ4n) is 2.95. The van der Waals surface area contributed by atoms with Crippen LogP contribution in [-0.2, 0) is 9.59 Å². The zero-order valence-electron chi connectivity index (χ0n) is 16.7. The van der Waals surface area contributed by atoms with Crippen LogP contribution in [0.4, 0.5) is 10.5 Å². The third kappa shape index (κ3) is 3.99. The van der Waals surface area contributed by atoms with Gasteiger partial charge in [-0.15, -0.1) is 0 Å². The Kier molecular flexibility index (Phi) is 5.68. The van der Waals surface area contributed by atoms with Gasteiger partial charge in [-0.25, -0.2) is 9.69 Å². The van der Waals surface area contributed by atoms with Crippen LogP contribution in [0, 0.1) is 13.8 Å². The fraction of sp³-hybridized carbons (Fsp3) is 0.227. The van der Waals surface area contributed by atoms with Crippen LogP contribution in [-0.4, -0.2) is 31.6 Å². The number of aryl methyl sites for hydroxylation is 2. The molecule has 1 aliphatic rings. The largest absolute Gasteiger partial charge is 0.497 e. The second kappa shape index (κ2) is 8.18. The van der Waals surface area contributed by atoms with Crippen molar-refractivity contribution in [2.75, 3.05) is 18.6 Å². The Labute approximate surface area is 168 Å². The van der Waals surface area contributed by atoms with E-state index in [1.54, 1.807) is 30.3 Å². The minimum absolute atomic E-state index is 0.158. The summed E-state index contributed by atoms with van der Waals surface area (Å²) in [6.45, 7) is 6.05. The van der Waals surface area contributed by atoms with E-state index in [1.165, 1.54) is 13.2 Å². The number of rotatable bonds is 5. The first-order chi connectivity index (χ1) is 13.8. The predicted octanol–water partition coefficient (Wildman–Crippen LogP) is 3.38. The van der Waals surface area contributed by atoms with Crippen LogP contribution in [0.5, 0.6) is 11.5 Å². The van der Waals surface area contributed by atoms with Gasteiger partial charge in [0.05, 0.1) is 19.4 Å². The maximum Gasteiger partial charge on any atom is 0.335 e. The summed E-state index contributed by atoms with van der Waals surface area (Å²) >= 11 is 0. The molecule has 1 aliphatic heterocycles. The average molecular weight is 394 g/mol. The van der Waals surface area contributed by atoms with E-state index in [2.05, 4.69) is 5.32 Å². The van der Waals surface area contributed by atoms with E-state index in [9.17, 15) is 14.4 Å². The average Bonchev–Trinajstić information content (AvgIpc) is 2.68. The second-order valence-electron chi connectivity index (χ2n) is 6.56. The Morgan fingerprint density at radius 2 is 1.79 bits per heavy atom. The molecule has 0 spiro atoms. The number of nitrogens with zero attached hydrogens (tertiary/aromatic N) is 1. The molecule has 0 saturated carbocycles. The fourth-order valence-corrected chi connectivity index (χ4v) is 2.95. The molecule has 2 aromatic carbocycles. The smallest absolute Gasteiger partial charge is 0.335 e. The molecule has 7 nitrogen and oxygen atoms in total. The van der Waals surface area contributed by atoms with Gasteiger partial charge >= 0.3 is 6.03 Å². The SMILES string of the molecule is CCOc1cc(OC)ccc1/C=C1\C(=O)NC(=O)N(c2ccc(C)c(C)c2)C1=O. The van der Waals surface area contributed by atoms with E-state index in [4.69, 9.17) is 9.47 Å². The highest BCUT2D eigenvalue weighted by Crippen LogP contribution is 2.29. The molecule has 0 aromatic heterocycles. The number of nitrogens with one attached hydrogen (secondary N) is 1. The molecule has 1 saturated heterocycles. The molecule has 29 heavy (non-hydrogen) atoms. The maximum absolute atomic E-state index is 13.1. The molecule has 0 bridgehead atoms. The number of anilines is 1. The number of barbiturate groups is 1. The first kappa shape index (κ1) is 20.1. The number of carbonyl (C=O) groups excluding carboxylic acids is 3. The topological polar surface area (TPSA) is 84.9 Å². The van der Waals surface area contributed by atoms with Gasteiger partial charge in [0.15, 0.2) is 0 Å². The summed E-state index contributed by atoms with van der Waals surface area (Å²) in [6, 6.07) is 9.52. The van der Waals surface area contributed by atoms with Gasteiger partial charge in [0.1, 0.15) is 17.1 Å². The molecule has 3 rings (SSSR count). The number of hydrogen-bond donors (Lipinski definition) is 1. The van der Waals surface area contributed by atoms with Gasteiger partial charge < -0.3 is 9.47 Å². The van der Waals surface area contributed by atoms with Gasteiger partial charge in [0.2, 0.25) is 0 Å². The van der Waals surface area contributed by atoms with Crippen molar-refractivity contribution < 1.29 is 23.9 Å². The summed E-state index contributed by atoms with van der Waals surface area (Å²) < 4.78 is 10.8. The number of hydrogen-bond acceptors (Lipinski definition) is 5. The lowest BCUT2D eigenvalue weighted by molar-refractivity contribution is -0.122. The number of amides is 4. The molecule has 0 aliphatic carbocycles. The van der Waals surface area contributed by atoms with Gasteiger partial charge in [-0.05, 0) is 62.2 Å². The molecule has 0 unspecified atom stereocenters. The quantitative estimate of drug-likeness (QED) is 0.621. The minimum atomic E-state index is -0.778. The second-order valence-corrected chi connectivity index (χ2v) is 6.56. The molecule has 0 atom stereocenters. The number of imide groups is 2. The summed E-state index contributed by atoms with van der Waals surface area (Å²) in [5.74, 6) is -0.393. The van der Waals surface area contributed by atoms with Crippen molar-refractivity contribution in [3.63, 3.8) is 0 Å². The Morgan fingerprint density at radius 1 is 1.03 bits per heavy atom. The van der Waals surface area contributed by atoms with Gasteiger partial charge in [-0.2, -0.15) is 0 Å². The van der Waals surface area contributed by atoms with Gasteiger partial charge in [0.25, 0.3) is 11.8 Å². The number of benzene rings is 2. The number of urea groups is 1. The number of methoxy groups -OCH3 is 1. The normalized spacial score (nSPS) is 15.5.